The molecule has 1 aromatic rings. The van der Waals surface area contributed by atoms with Gasteiger partial charge in [-0.1, -0.05) is 15.9 Å². The molecule has 0 radical (unpaired) electrons. The highest BCUT2D eigenvalue weighted by atomic mass is 79.9. The average molecular weight is 322 g/mol. The molecule has 5 N–H and O–H groups in total. The predicted octanol–water partition coefficient (Wildman–Crippen LogP) is 0.0496. The van der Waals surface area contributed by atoms with Gasteiger partial charge < -0.3 is 11.1 Å². The number of carbonyl (C=O) groups is 1. The van der Waals surface area contributed by atoms with Gasteiger partial charge in [0.25, 0.3) is 5.91 Å². The zero-order valence-corrected chi connectivity index (χ0v) is 11.2. The second kappa shape index (κ2) is 5.48. The fourth-order valence-corrected chi connectivity index (χ4v) is 1.87. The van der Waals surface area contributed by atoms with Gasteiger partial charge in [0.1, 0.15) is 0 Å². The molecule has 1 rings (SSSR count). The van der Waals surface area contributed by atoms with Gasteiger partial charge in [-0.25, -0.2) is 13.6 Å². The molecule has 1 amide bonds. The summed E-state index contributed by atoms with van der Waals surface area (Å²) in [5.41, 5.74) is 6.23. The third-order valence-electron chi connectivity index (χ3n) is 1.93. The molecule has 0 saturated heterocycles. The third kappa shape index (κ3) is 4.72. The molecule has 0 aliphatic rings. The minimum atomic E-state index is -3.58. The van der Waals surface area contributed by atoms with Crippen molar-refractivity contribution < 1.29 is 13.2 Å². The van der Waals surface area contributed by atoms with E-state index in [4.69, 9.17) is 10.9 Å². The minimum Gasteiger partial charge on any atom is -0.398 e. The van der Waals surface area contributed by atoms with E-state index in [1.807, 2.05) is 0 Å². The van der Waals surface area contributed by atoms with Crippen molar-refractivity contribution in [3.8, 4) is 0 Å². The van der Waals surface area contributed by atoms with Gasteiger partial charge in [-0.05, 0) is 18.2 Å². The normalized spacial score (nSPS) is 11.2. The highest BCUT2D eigenvalue weighted by Gasteiger charge is 2.11. The number of rotatable bonds is 4. The Hall–Kier alpha value is -1.12. The molecule has 94 valence electrons. The van der Waals surface area contributed by atoms with Crippen molar-refractivity contribution in [1.82, 2.24) is 5.32 Å². The molecular formula is C9H12BrN3O3S. The van der Waals surface area contributed by atoms with Crippen molar-refractivity contribution in [2.45, 2.75) is 0 Å². The van der Waals surface area contributed by atoms with Crippen molar-refractivity contribution in [2.24, 2.45) is 5.14 Å². The van der Waals surface area contributed by atoms with Crippen LogP contribution in [-0.2, 0) is 10.0 Å². The summed E-state index contributed by atoms with van der Waals surface area (Å²) in [6, 6.07) is 4.84. The molecule has 17 heavy (non-hydrogen) atoms. The summed E-state index contributed by atoms with van der Waals surface area (Å²) in [4.78, 5) is 11.7. The summed E-state index contributed by atoms with van der Waals surface area (Å²) < 4.78 is 22.0. The van der Waals surface area contributed by atoms with Gasteiger partial charge in [0.2, 0.25) is 10.0 Å². The number of nitrogens with one attached hydrogen (secondary N) is 1. The number of carbonyl (C=O) groups excluding carboxylic acids is 1. The van der Waals surface area contributed by atoms with Crippen LogP contribution in [0.1, 0.15) is 10.4 Å². The Balaban J connectivity index is 2.67. The summed E-state index contributed by atoms with van der Waals surface area (Å²) >= 11 is 3.21. The van der Waals surface area contributed by atoms with E-state index >= 15 is 0 Å². The van der Waals surface area contributed by atoms with Gasteiger partial charge in [-0.15, -0.1) is 0 Å². The van der Waals surface area contributed by atoms with Crippen molar-refractivity contribution in [2.75, 3.05) is 18.0 Å². The summed E-state index contributed by atoms with van der Waals surface area (Å²) in [5, 5.41) is 7.23. The van der Waals surface area contributed by atoms with Crippen molar-refractivity contribution >= 4 is 37.5 Å². The standard InChI is InChI=1S/C9H12BrN3O3S/c10-6-1-2-8(11)7(5-6)9(14)13-3-4-17(12,15)16/h1-2,5H,3-4,11H2,(H,13,14)(H2,12,15,16). The number of primary sulfonamides is 1. The van der Waals surface area contributed by atoms with Crippen LogP contribution in [-0.4, -0.2) is 26.6 Å². The molecule has 0 heterocycles. The maximum atomic E-state index is 11.7. The number of nitrogen functional groups attached to an aromatic ring is 1. The third-order valence-corrected chi connectivity index (χ3v) is 3.20. The number of nitrogens with two attached hydrogens (primary N) is 2. The summed E-state index contributed by atoms with van der Waals surface area (Å²) in [5.74, 6) is -0.750. The minimum absolute atomic E-state index is 0.0520. The van der Waals surface area contributed by atoms with E-state index in [9.17, 15) is 13.2 Å². The molecule has 0 aliphatic heterocycles. The lowest BCUT2D eigenvalue weighted by Gasteiger charge is -2.07. The summed E-state index contributed by atoms with van der Waals surface area (Å²) in [7, 11) is -3.58. The quantitative estimate of drug-likeness (QED) is 0.679. The van der Waals surface area contributed by atoms with Crippen molar-refractivity contribution in [3.63, 3.8) is 0 Å². The predicted molar refractivity (Wildman–Crippen MR) is 68.9 cm³/mol. The molecule has 0 saturated carbocycles. The Labute approximate surface area is 108 Å². The summed E-state index contributed by atoms with van der Waals surface area (Å²) in [6.45, 7) is -0.0520. The van der Waals surface area contributed by atoms with Crippen LogP contribution in [0, 0.1) is 0 Å². The number of sulfonamides is 1. The fraction of sp³-hybridized carbons (Fsp3) is 0.222. The first-order valence-corrected chi connectivity index (χ1v) is 7.14. The van der Waals surface area contributed by atoms with E-state index in [2.05, 4.69) is 21.2 Å². The number of hydrogen-bond acceptors (Lipinski definition) is 4. The van der Waals surface area contributed by atoms with Crippen LogP contribution in [0.15, 0.2) is 22.7 Å². The summed E-state index contributed by atoms with van der Waals surface area (Å²) in [6.07, 6.45) is 0. The molecule has 0 fully saturated rings. The zero-order chi connectivity index (χ0) is 13.1. The molecule has 0 spiro atoms. The van der Waals surface area contributed by atoms with Crippen molar-refractivity contribution in [3.05, 3.63) is 28.2 Å². The molecule has 0 bridgehead atoms. The Morgan fingerprint density at radius 3 is 2.65 bits per heavy atom. The number of anilines is 1. The Morgan fingerprint density at radius 2 is 2.06 bits per heavy atom. The van der Waals surface area contributed by atoms with Gasteiger partial charge in [-0.3, -0.25) is 4.79 Å². The molecule has 0 unspecified atom stereocenters. The number of amides is 1. The second-order valence-electron chi connectivity index (χ2n) is 3.35. The van der Waals surface area contributed by atoms with E-state index < -0.39 is 15.9 Å². The molecule has 0 aliphatic carbocycles. The fourth-order valence-electron chi connectivity index (χ4n) is 1.13. The first-order chi connectivity index (χ1) is 7.79. The Kier molecular flexibility index (Phi) is 4.49. The van der Waals surface area contributed by atoms with E-state index in [1.165, 1.54) is 0 Å². The lowest BCUT2D eigenvalue weighted by molar-refractivity contribution is 0.0957. The zero-order valence-electron chi connectivity index (χ0n) is 8.81. The molecule has 1 aromatic carbocycles. The largest absolute Gasteiger partial charge is 0.398 e. The van der Waals surface area contributed by atoms with Gasteiger partial charge >= 0.3 is 0 Å². The van der Waals surface area contributed by atoms with Gasteiger partial charge in [0.05, 0.1) is 11.3 Å². The molecule has 6 nitrogen and oxygen atoms in total. The van der Waals surface area contributed by atoms with Crippen LogP contribution >= 0.6 is 15.9 Å². The highest BCUT2D eigenvalue weighted by molar-refractivity contribution is 9.10. The van der Waals surface area contributed by atoms with Crippen LogP contribution in [0.4, 0.5) is 5.69 Å². The molecule has 0 atom stereocenters. The second-order valence-corrected chi connectivity index (χ2v) is 6.00. The molecular weight excluding hydrogens is 310 g/mol. The number of benzene rings is 1. The highest BCUT2D eigenvalue weighted by Crippen LogP contribution is 2.18. The van der Waals surface area contributed by atoms with E-state index in [1.54, 1.807) is 18.2 Å². The first kappa shape index (κ1) is 13.9. The van der Waals surface area contributed by atoms with Crippen LogP contribution in [0.25, 0.3) is 0 Å². The van der Waals surface area contributed by atoms with E-state index in [0.717, 1.165) is 0 Å². The maximum absolute atomic E-state index is 11.7. The average Bonchev–Trinajstić information content (AvgIpc) is 2.19. The van der Waals surface area contributed by atoms with Crippen LogP contribution in [0.2, 0.25) is 0 Å². The molecule has 0 aromatic heterocycles. The first-order valence-electron chi connectivity index (χ1n) is 4.63. The monoisotopic (exact) mass is 321 g/mol. The van der Waals surface area contributed by atoms with Gasteiger partial charge in [-0.2, -0.15) is 0 Å². The van der Waals surface area contributed by atoms with E-state index in [0.29, 0.717) is 10.2 Å². The lowest BCUT2D eigenvalue weighted by atomic mass is 10.2. The Bertz CT molecular complexity index is 530. The van der Waals surface area contributed by atoms with Gasteiger partial charge in [0.15, 0.2) is 0 Å². The smallest absolute Gasteiger partial charge is 0.253 e. The number of hydrogen-bond donors (Lipinski definition) is 3. The van der Waals surface area contributed by atoms with Gasteiger partial charge in [0, 0.05) is 16.7 Å². The van der Waals surface area contributed by atoms with Crippen LogP contribution in [0.3, 0.4) is 0 Å². The van der Waals surface area contributed by atoms with E-state index in [-0.39, 0.29) is 17.9 Å². The maximum Gasteiger partial charge on any atom is 0.253 e. The topological polar surface area (TPSA) is 115 Å². The SMILES string of the molecule is Nc1ccc(Br)cc1C(=O)NCCS(N)(=O)=O. The van der Waals surface area contributed by atoms with Crippen LogP contribution in [0.5, 0.6) is 0 Å². The van der Waals surface area contributed by atoms with Crippen LogP contribution < -0.4 is 16.2 Å². The molecule has 8 heteroatoms. The van der Waals surface area contributed by atoms with Crippen molar-refractivity contribution in [1.29, 1.82) is 0 Å². The lowest BCUT2D eigenvalue weighted by Crippen LogP contribution is -2.31. The number of halogens is 1. The Morgan fingerprint density at radius 1 is 1.41 bits per heavy atom.